The molecular formula is C13H16ClN3O5S. The third-order valence-corrected chi connectivity index (χ3v) is 5.81. The number of carbonyl (C=O) groups excluding carboxylic acids is 1. The fraction of sp³-hybridized carbons (Fsp3) is 0.462. The van der Waals surface area contributed by atoms with Crippen molar-refractivity contribution >= 4 is 38.7 Å². The molecule has 1 saturated heterocycles. The summed E-state index contributed by atoms with van der Waals surface area (Å²) in [6.07, 6.45) is 0.428. The molecular weight excluding hydrogens is 346 g/mol. The van der Waals surface area contributed by atoms with Gasteiger partial charge in [-0.3, -0.25) is 14.9 Å². The van der Waals surface area contributed by atoms with Gasteiger partial charge in [-0.05, 0) is 18.6 Å². The van der Waals surface area contributed by atoms with Gasteiger partial charge < -0.3 is 10.2 Å². The Hall–Kier alpha value is -1.87. The number of carbonyl (C=O) groups is 1. The van der Waals surface area contributed by atoms with Gasteiger partial charge in [-0.1, -0.05) is 11.6 Å². The molecule has 126 valence electrons. The molecule has 1 fully saturated rings. The van der Waals surface area contributed by atoms with E-state index in [2.05, 4.69) is 5.32 Å². The number of anilines is 1. The molecule has 0 bridgehead atoms. The highest BCUT2D eigenvalue weighted by molar-refractivity contribution is 7.91. The molecule has 0 spiro atoms. The maximum atomic E-state index is 12.1. The van der Waals surface area contributed by atoms with E-state index in [-0.39, 0.29) is 40.7 Å². The Morgan fingerprint density at radius 3 is 2.78 bits per heavy atom. The minimum atomic E-state index is -3.06. The summed E-state index contributed by atoms with van der Waals surface area (Å²) < 4.78 is 22.9. The summed E-state index contributed by atoms with van der Waals surface area (Å²) >= 11 is 5.72. The predicted octanol–water partition coefficient (Wildman–Crippen LogP) is 1.31. The highest BCUT2D eigenvalue weighted by atomic mass is 35.5. The van der Waals surface area contributed by atoms with Crippen LogP contribution in [0, 0.1) is 10.1 Å². The summed E-state index contributed by atoms with van der Waals surface area (Å²) in [5, 5.41) is 13.6. The monoisotopic (exact) mass is 361 g/mol. The number of rotatable bonds is 5. The number of nitro benzene ring substituents is 1. The van der Waals surface area contributed by atoms with E-state index in [0.717, 1.165) is 0 Å². The Bertz CT molecular complexity index is 737. The van der Waals surface area contributed by atoms with E-state index in [4.69, 9.17) is 11.6 Å². The van der Waals surface area contributed by atoms with Crippen LogP contribution in [-0.4, -0.2) is 55.3 Å². The van der Waals surface area contributed by atoms with Crippen molar-refractivity contribution < 1.29 is 18.1 Å². The first-order chi connectivity index (χ1) is 10.7. The molecule has 2 rings (SSSR count). The maximum absolute atomic E-state index is 12.1. The summed E-state index contributed by atoms with van der Waals surface area (Å²) in [4.78, 5) is 23.7. The number of sulfone groups is 1. The van der Waals surface area contributed by atoms with Crippen molar-refractivity contribution in [2.24, 2.45) is 0 Å². The molecule has 1 N–H and O–H groups in total. The lowest BCUT2D eigenvalue weighted by Gasteiger charge is -2.23. The largest absolute Gasteiger partial charge is 0.376 e. The predicted molar refractivity (Wildman–Crippen MR) is 86.4 cm³/mol. The average molecular weight is 362 g/mol. The minimum Gasteiger partial charge on any atom is -0.376 e. The topological polar surface area (TPSA) is 110 Å². The van der Waals surface area contributed by atoms with Crippen molar-refractivity contribution in [1.82, 2.24) is 4.90 Å². The van der Waals surface area contributed by atoms with Crippen molar-refractivity contribution in [2.75, 3.05) is 30.4 Å². The third-order valence-electron chi connectivity index (χ3n) is 3.74. The molecule has 23 heavy (non-hydrogen) atoms. The van der Waals surface area contributed by atoms with Crippen LogP contribution in [0.25, 0.3) is 0 Å². The van der Waals surface area contributed by atoms with Crippen LogP contribution in [0.2, 0.25) is 5.02 Å². The number of benzene rings is 1. The highest BCUT2D eigenvalue weighted by Gasteiger charge is 2.32. The zero-order valence-corrected chi connectivity index (χ0v) is 13.9. The Kier molecular flexibility index (Phi) is 5.10. The number of nitrogens with zero attached hydrogens (tertiary/aromatic N) is 2. The van der Waals surface area contributed by atoms with Crippen molar-refractivity contribution in [3.63, 3.8) is 0 Å². The number of halogens is 1. The first kappa shape index (κ1) is 17.5. The van der Waals surface area contributed by atoms with E-state index >= 15 is 0 Å². The maximum Gasteiger partial charge on any atom is 0.289 e. The Balaban J connectivity index is 1.97. The van der Waals surface area contributed by atoms with Crippen LogP contribution < -0.4 is 5.32 Å². The molecule has 0 aliphatic carbocycles. The van der Waals surface area contributed by atoms with Crippen molar-refractivity contribution in [3.8, 4) is 0 Å². The van der Waals surface area contributed by atoms with Gasteiger partial charge in [-0.15, -0.1) is 0 Å². The Labute approximate surface area is 138 Å². The van der Waals surface area contributed by atoms with Crippen LogP contribution in [0.3, 0.4) is 0 Å². The zero-order valence-electron chi connectivity index (χ0n) is 12.4. The van der Waals surface area contributed by atoms with E-state index in [0.29, 0.717) is 12.1 Å². The smallest absolute Gasteiger partial charge is 0.289 e. The minimum absolute atomic E-state index is 0.0140. The van der Waals surface area contributed by atoms with Crippen LogP contribution in [0.5, 0.6) is 0 Å². The second-order valence-corrected chi connectivity index (χ2v) is 7.97. The van der Waals surface area contributed by atoms with Crippen LogP contribution in [0.15, 0.2) is 18.2 Å². The molecule has 1 atom stereocenters. The Morgan fingerprint density at radius 1 is 1.52 bits per heavy atom. The second kappa shape index (κ2) is 6.71. The van der Waals surface area contributed by atoms with Gasteiger partial charge in [0.1, 0.15) is 5.02 Å². The summed E-state index contributed by atoms with van der Waals surface area (Å²) in [6, 6.07) is 3.83. The molecule has 1 aliphatic rings. The molecule has 1 aliphatic heterocycles. The van der Waals surface area contributed by atoms with Crippen LogP contribution in [0.4, 0.5) is 11.4 Å². The van der Waals surface area contributed by atoms with Crippen LogP contribution >= 0.6 is 11.6 Å². The summed E-state index contributed by atoms with van der Waals surface area (Å²) in [5.74, 6) is -0.224. The van der Waals surface area contributed by atoms with Crippen LogP contribution in [0.1, 0.15) is 6.42 Å². The van der Waals surface area contributed by atoms with Gasteiger partial charge in [0.25, 0.3) is 5.69 Å². The lowest BCUT2D eigenvalue weighted by molar-refractivity contribution is -0.384. The number of nitrogens with one attached hydrogen (secondary N) is 1. The lowest BCUT2D eigenvalue weighted by Crippen LogP contribution is -2.40. The quantitative estimate of drug-likeness (QED) is 0.625. The van der Waals surface area contributed by atoms with E-state index in [1.165, 1.54) is 23.1 Å². The Morgan fingerprint density at radius 2 is 2.22 bits per heavy atom. The van der Waals surface area contributed by atoms with Gasteiger partial charge in [-0.2, -0.15) is 0 Å². The first-order valence-electron chi connectivity index (χ1n) is 6.83. The third kappa shape index (κ3) is 4.32. The number of hydrogen-bond donors (Lipinski definition) is 1. The molecule has 0 unspecified atom stereocenters. The lowest BCUT2D eigenvalue weighted by atomic mass is 10.2. The van der Waals surface area contributed by atoms with Crippen molar-refractivity contribution in [1.29, 1.82) is 0 Å². The highest BCUT2D eigenvalue weighted by Crippen LogP contribution is 2.27. The first-order valence-corrected chi connectivity index (χ1v) is 9.03. The van der Waals surface area contributed by atoms with E-state index < -0.39 is 14.8 Å². The van der Waals surface area contributed by atoms with Gasteiger partial charge >= 0.3 is 0 Å². The van der Waals surface area contributed by atoms with Crippen molar-refractivity contribution in [3.05, 3.63) is 33.3 Å². The zero-order chi connectivity index (χ0) is 17.2. The van der Waals surface area contributed by atoms with Gasteiger partial charge in [0.05, 0.1) is 23.0 Å². The standard InChI is InChI=1S/C13H16ClN3O5S/c1-16(10-4-5-23(21,22)8-10)13(18)7-15-9-2-3-11(14)12(6-9)17(19)20/h2-3,6,10,15H,4-5,7-8H2,1H3/t10-/m1/s1. The fourth-order valence-corrected chi connectivity index (χ4v) is 4.31. The summed E-state index contributed by atoms with van der Waals surface area (Å²) in [7, 11) is -1.51. The van der Waals surface area contributed by atoms with Crippen molar-refractivity contribution in [2.45, 2.75) is 12.5 Å². The molecule has 8 nitrogen and oxygen atoms in total. The molecule has 0 aromatic heterocycles. The fourth-order valence-electron chi connectivity index (χ4n) is 2.35. The molecule has 1 aromatic carbocycles. The molecule has 1 amide bonds. The number of amides is 1. The van der Waals surface area contributed by atoms with Gasteiger partial charge in [-0.25, -0.2) is 8.42 Å². The van der Waals surface area contributed by atoms with Crippen LogP contribution in [-0.2, 0) is 14.6 Å². The van der Waals surface area contributed by atoms with Gasteiger partial charge in [0.15, 0.2) is 9.84 Å². The number of likely N-dealkylation sites (N-methyl/N-ethyl adjacent to an activating group) is 1. The van der Waals surface area contributed by atoms with Gasteiger partial charge in [0, 0.05) is 24.8 Å². The van der Waals surface area contributed by atoms with E-state index in [1.54, 1.807) is 7.05 Å². The average Bonchev–Trinajstić information content (AvgIpc) is 2.85. The molecule has 0 radical (unpaired) electrons. The molecule has 1 aromatic rings. The van der Waals surface area contributed by atoms with E-state index in [9.17, 15) is 23.3 Å². The second-order valence-electron chi connectivity index (χ2n) is 5.34. The number of nitro groups is 1. The van der Waals surface area contributed by atoms with Gasteiger partial charge in [0.2, 0.25) is 5.91 Å². The molecule has 1 heterocycles. The summed E-state index contributed by atoms with van der Waals surface area (Å²) in [6.45, 7) is -0.0914. The number of hydrogen-bond acceptors (Lipinski definition) is 6. The SMILES string of the molecule is CN(C(=O)CNc1ccc(Cl)c([N+](=O)[O-])c1)[C@@H]1CCS(=O)(=O)C1. The molecule has 0 saturated carbocycles. The normalized spacial score (nSPS) is 19.3. The molecule has 10 heteroatoms. The van der Waals surface area contributed by atoms with E-state index in [1.807, 2.05) is 0 Å². The summed E-state index contributed by atoms with van der Waals surface area (Å²) in [5.41, 5.74) is 0.140.